The molecule has 0 bridgehead atoms. The maximum Gasteiger partial charge on any atom is 0.0679 e. The van der Waals surface area contributed by atoms with Crippen LogP contribution in [-0.4, -0.2) is 10.7 Å². The number of hydrogen-bond donors (Lipinski definition) is 1. The zero-order chi connectivity index (χ0) is 7.99. The quantitative estimate of drug-likeness (QED) is 0.619. The molecule has 0 aromatic heterocycles. The van der Waals surface area contributed by atoms with E-state index >= 15 is 0 Å². The number of allylic oxidation sites excluding steroid dienone is 1. The lowest BCUT2D eigenvalue weighted by Gasteiger charge is -2.35. The van der Waals surface area contributed by atoms with Gasteiger partial charge in [0.25, 0.3) is 0 Å². The van der Waals surface area contributed by atoms with Crippen molar-refractivity contribution in [3.05, 3.63) is 18.1 Å². The summed E-state index contributed by atoms with van der Waals surface area (Å²) in [7, 11) is 0. The molecule has 0 atom stereocenters. The van der Waals surface area contributed by atoms with Crippen LogP contribution in [0.3, 0.4) is 0 Å². The minimum atomic E-state index is -0.619. The second-order valence-corrected chi connectivity index (χ2v) is 3.97. The molecule has 1 nitrogen and oxygen atoms in total. The molecule has 1 aliphatic carbocycles. The minimum Gasteiger partial charge on any atom is -0.390 e. The van der Waals surface area contributed by atoms with E-state index < -0.39 is 5.60 Å². The van der Waals surface area contributed by atoms with Gasteiger partial charge in [-0.1, -0.05) is 25.5 Å². The zero-order valence-electron chi connectivity index (χ0n) is 7.10. The smallest absolute Gasteiger partial charge is 0.0679 e. The first-order valence-corrected chi connectivity index (χ1v) is 3.63. The highest BCUT2D eigenvalue weighted by atomic mass is 16.3. The largest absolute Gasteiger partial charge is 0.390 e. The van der Waals surface area contributed by atoms with Gasteiger partial charge >= 0.3 is 0 Å². The molecule has 57 valence electrons. The molecular formula is C9H15O. The van der Waals surface area contributed by atoms with Gasteiger partial charge in [0.15, 0.2) is 0 Å². The standard InChI is InChI=1S/C9H15O/c1-8(2,7-5-6-7)9(3,4)10/h5-6,10H,1-4H3. The summed E-state index contributed by atoms with van der Waals surface area (Å²) in [6, 6.07) is 0. The summed E-state index contributed by atoms with van der Waals surface area (Å²) in [5, 5.41) is 9.70. The fourth-order valence-electron chi connectivity index (χ4n) is 0.812. The van der Waals surface area contributed by atoms with E-state index in [1.807, 2.05) is 13.8 Å². The predicted octanol–water partition coefficient (Wildman–Crippen LogP) is 1.93. The van der Waals surface area contributed by atoms with Crippen LogP contribution in [0.4, 0.5) is 0 Å². The van der Waals surface area contributed by atoms with Crippen LogP contribution >= 0.6 is 0 Å². The molecule has 0 aromatic carbocycles. The van der Waals surface area contributed by atoms with Crippen molar-refractivity contribution < 1.29 is 5.11 Å². The third-order valence-electron chi connectivity index (χ3n) is 2.58. The summed E-state index contributed by atoms with van der Waals surface area (Å²) >= 11 is 0. The van der Waals surface area contributed by atoms with E-state index in [4.69, 9.17) is 0 Å². The van der Waals surface area contributed by atoms with Crippen molar-refractivity contribution in [1.29, 1.82) is 0 Å². The zero-order valence-corrected chi connectivity index (χ0v) is 7.10. The predicted molar refractivity (Wildman–Crippen MR) is 42.5 cm³/mol. The van der Waals surface area contributed by atoms with Crippen molar-refractivity contribution in [2.24, 2.45) is 5.41 Å². The molecule has 0 amide bonds. The Hall–Kier alpha value is -0.300. The molecule has 0 aliphatic heterocycles. The molecule has 0 saturated carbocycles. The molecule has 0 fully saturated rings. The fourth-order valence-corrected chi connectivity index (χ4v) is 0.812. The summed E-state index contributed by atoms with van der Waals surface area (Å²) in [6.07, 6.45) is 4.11. The summed E-state index contributed by atoms with van der Waals surface area (Å²) < 4.78 is 0. The Kier molecular flexibility index (Phi) is 1.44. The molecule has 0 aromatic rings. The molecule has 10 heavy (non-hydrogen) atoms. The van der Waals surface area contributed by atoms with Gasteiger partial charge in [0.1, 0.15) is 0 Å². The first kappa shape index (κ1) is 7.80. The van der Waals surface area contributed by atoms with Gasteiger partial charge in [-0.05, 0) is 13.8 Å². The third kappa shape index (κ3) is 1.10. The molecule has 1 radical (unpaired) electrons. The monoisotopic (exact) mass is 139 g/mol. The van der Waals surface area contributed by atoms with E-state index in [-0.39, 0.29) is 5.41 Å². The molecule has 1 N–H and O–H groups in total. The minimum absolute atomic E-state index is 0.0903. The van der Waals surface area contributed by atoms with Crippen molar-refractivity contribution in [3.8, 4) is 0 Å². The van der Waals surface area contributed by atoms with E-state index in [1.165, 1.54) is 5.57 Å². The second-order valence-electron chi connectivity index (χ2n) is 3.97. The first-order chi connectivity index (χ1) is 4.36. The van der Waals surface area contributed by atoms with Crippen LogP contribution in [0.25, 0.3) is 0 Å². The van der Waals surface area contributed by atoms with Crippen LogP contribution in [0.1, 0.15) is 27.7 Å². The Morgan fingerprint density at radius 1 is 1.20 bits per heavy atom. The van der Waals surface area contributed by atoms with Gasteiger partial charge < -0.3 is 5.11 Å². The summed E-state index contributed by atoms with van der Waals surface area (Å²) in [4.78, 5) is 0. The summed E-state index contributed by atoms with van der Waals surface area (Å²) in [5.41, 5.74) is 0.554. The number of hydrogen-bond acceptors (Lipinski definition) is 1. The average molecular weight is 139 g/mol. The van der Waals surface area contributed by atoms with Gasteiger partial charge in [-0.3, -0.25) is 0 Å². The van der Waals surface area contributed by atoms with Gasteiger partial charge in [-0.2, -0.15) is 0 Å². The molecule has 0 heterocycles. The summed E-state index contributed by atoms with van der Waals surface area (Å²) in [6.45, 7) is 7.81. The van der Waals surface area contributed by atoms with Crippen LogP contribution < -0.4 is 0 Å². The molecular weight excluding hydrogens is 124 g/mol. The molecule has 0 spiro atoms. The Morgan fingerprint density at radius 2 is 1.60 bits per heavy atom. The molecule has 0 saturated heterocycles. The van der Waals surface area contributed by atoms with Gasteiger partial charge in [-0.15, -0.1) is 0 Å². The van der Waals surface area contributed by atoms with Gasteiger partial charge in [0, 0.05) is 11.8 Å². The molecule has 1 heteroatoms. The third-order valence-corrected chi connectivity index (χ3v) is 2.58. The van der Waals surface area contributed by atoms with E-state index in [9.17, 15) is 5.11 Å². The van der Waals surface area contributed by atoms with E-state index in [0.29, 0.717) is 0 Å². The van der Waals surface area contributed by atoms with Crippen molar-refractivity contribution in [2.45, 2.75) is 33.3 Å². The lowest BCUT2D eigenvalue weighted by molar-refractivity contribution is -0.0103. The summed E-state index contributed by atoms with van der Waals surface area (Å²) in [5.74, 6) is 0. The van der Waals surface area contributed by atoms with Crippen LogP contribution in [-0.2, 0) is 0 Å². The lowest BCUT2D eigenvalue weighted by atomic mass is 9.75. The fraction of sp³-hybridized carbons (Fsp3) is 0.667. The van der Waals surface area contributed by atoms with E-state index in [2.05, 4.69) is 26.3 Å². The highest BCUT2D eigenvalue weighted by Crippen LogP contribution is 2.44. The van der Waals surface area contributed by atoms with Gasteiger partial charge in [-0.25, -0.2) is 0 Å². The Morgan fingerprint density at radius 3 is 1.70 bits per heavy atom. The highest BCUT2D eigenvalue weighted by molar-refractivity contribution is 5.45. The Balaban J connectivity index is 2.76. The molecule has 1 rings (SSSR count). The number of aliphatic hydroxyl groups is 1. The first-order valence-electron chi connectivity index (χ1n) is 3.63. The van der Waals surface area contributed by atoms with Gasteiger partial charge in [0.2, 0.25) is 0 Å². The Labute approximate surface area is 62.8 Å². The van der Waals surface area contributed by atoms with Crippen LogP contribution in [0.2, 0.25) is 0 Å². The van der Waals surface area contributed by atoms with E-state index in [0.717, 1.165) is 0 Å². The van der Waals surface area contributed by atoms with Crippen molar-refractivity contribution in [1.82, 2.24) is 0 Å². The van der Waals surface area contributed by atoms with Crippen molar-refractivity contribution >= 4 is 0 Å². The van der Waals surface area contributed by atoms with Crippen LogP contribution in [0, 0.1) is 11.8 Å². The van der Waals surface area contributed by atoms with Crippen molar-refractivity contribution in [3.63, 3.8) is 0 Å². The van der Waals surface area contributed by atoms with Crippen LogP contribution in [0.5, 0.6) is 0 Å². The van der Waals surface area contributed by atoms with Crippen molar-refractivity contribution in [2.75, 3.05) is 0 Å². The SMILES string of the molecule is CC(C)(O)C(C)(C)C1=C[CH]1. The van der Waals surface area contributed by atoms with Crippen LogP contribution in [0.15, 0.2) is 11.6 Å². The highest BCUT2D eigenvalue weighted by Gasteiger charge is 2.40. The second kappa shape index (κ2) is 1.85. The van der Waals surface area contributed by atoms with Gasteiger partial charge in [0.05, 0.1) is 5.60 Å². The van der Waals surface area contributed by atoms with E-state index in [1.54, 1.807) is 0 Å². The number of rotatable bonds is 2. The topological polar surface area (TPSA) is 20.2 Å². The maximum absolute atomic E-state index is 9.70. The average Bonchev–Trinajstić information content (AvgIpc) is 2.38. The Bertz CT molecular complexity index is 170. The normalized spacial score (nSPS) is 18.7. The maximum atomic E-state index is 9.70. The molecule has 0 unspecified atom stereocenters. The lowest BCUT2D eigenvalue weighted by Crippen LogP contribution is -2.38. The molecule has 1 aliphatic rings.